The summed E-state index contributed by atoms with van der Waals surface area (Å²) >= 11 is 0. The fourth-order valence-corrected chi connectivity index (χ4v) is 2.25. The summed E-state index contributed by atoms with van der Waals surface area (Å²) in [4.78, 5) is 4.54. The maximum Gasteiger partial charge on any atom is 0.195 e. The van der Waals surface area contributed by atoms with E-state index in [0.717, 1.165) is 5.90 Å². The van der Waals surface area contributed by atoms with Crippen LogP contribution in [0, 0.1) is 0 Å². The van der Waals surface area contributed by atoms with E-state index < -0.39 is 0 Å². The molecule has 2 nitrogen and oxygen atoms in total. The molecule has 0 aromatic heterocycles. The van der Waals surface area contributed by atoms with Crippen molar-refractivity contribution in [2.24, 2.45) is 4.99 Å². The molecule has 1 aromatic rings. The predicted octanol–water partition coefficient (Wildman–Crippen LogP) is 2.78. The lowest BCUT2D eigenvalue weighted by molar-refractivity contribution is 0.383. The summed E-state index contributed by atoms with van der Waals surface area (Å²) in [5.74, 6) is 0.978. The summed E-state index contributed by atoms with van der Waals surface area (Å²) in [7, 11) is 1.69. The number of rotatable bonds is 0. The third kappa shape index (κ3) is 1.38. The number of dihydropyridines is 1. The molecular formula is C14H13NO. The van der Waals surface area contributed by atoms with Crippen molar-refractivity contribution in [1.82, 2.24) is 0 Å². The minimum absolute atomic E-state index is 0.125. The van der Waals surface area contributed by atoms with Crippen LogP contribution in [0.25, 0.3) is 6.08 Å². The molecule has 0 spiro atoms. The molecule has 2 heterocycles. The first-order chi connectivity index (χ1) is 7.88. The van der Waals surface area contributed by atoms with Gasteiger partial charge in [0.1, 0.15) is 0 Å². The minimum atomic E-state index is 0.125. The van der Waals surface area contributed by atoms with Crippen molar-refractivity contribution >= 4 is 12.0 Å². The van der Waals surface area contributed by atoms with Crippen LogP contribution in [-0.2, 0) is 4.74 Å². The standard InChI is InChI=1S/C14H13NO/c1-16-14-13-9-8-11(15-14)7-6-10-4-2-3-5-12(10)13/h2-9,11,13H,1H3/t11-,13+/m1/s1. The maximum absolute atomic E-state index is 5.38. The number of ether oxygens (including phenoxy) is 1. The lowest BCUT2D eigenvalue weighted by Crippen LogP contribution is -2.21. The van der Waals surface area contributed by atoms with E-state index in [9.17, 15) is 0 Å². The van der Waals surface area contributed by atoms with Crippen molar-refractivity contribution in [3.05, 3.63) is 53.6 Å². The largest absolute Gasteiger partial charge is 0.484 e. The number of hydrogen-bond donors (Lipinski definition) is 0. The molecule has 2 heteroatoms. The Morgan fingerprint density at radius 1 is 1.12 bits per heavy atom. The lowest BCUT2D eigenvalue weighted by Gasteiger charge is -2.24. The summed E-state index contributed by atoms with van der Waals surface area (Å²) < 4.78 is 5.38. The van der Waals surface area contributed by atoms with Crippen molar-refractivity contribution in [3.8, 4) is 0 Å². The molecule has 0 N–H and O–H groups in total. The summed E-state index contributed by atoms with van der Waals surface area (Å²) in [5, 5.41) is 0. The number of aliphatic imine (C=N–C) groups is 1. The summed E-state index contributed by atoms with van der Waals surface area (Å²) in [6.45, 7) is 0. The third-order valence-electron chi connectivity index (χ3n) is 3.06. The van der Waals surface area contributed by atoms with Crippen LogP contribution in [0.5, 0.6) is 0 Å². The van der Waals surface area contributed by atoms with E-state index >= 15 is 0 Å². The fourth-order valence-electron chi connectivity index (χ4n) is 2.25. The van der Waals surface area contributed by atoms with Gasteiger partial charge in [0, 0.05) is 0 Å². The van der Waals surface area contributed by atoms with Crippen LogP contribution in [0.1, 0.15) is 17.0 Å². The Morgan fingerprint density at radius 2 is 2.00 bits per heavy atom. The van der Waals surface area contributed by atoms with E-state index in [2.05, 4.69) is 53.6 Å². The van der Waals surface area contributed by atoms with E-state index in [0.29, 0.717) is 0 Å². The second-order valence-electron chi connectivity index (χ2n) is 4.01. The Kier molecular flexibility index (Phi) is 2.13. The highest BCUT2D eigenvalue weighted by Crippen LogP contribution is 2.30. The van der Waals surface area contributed by atoms with E-state index in [1.165, 1.54) is 11.1 Å². The van der Waals surface area contributed by atoms with Crippen LogP contribution < -0.4 is 0 Å². The van der Waals surface area contributed by atoms with Gasteiger partial charge in [-0.2, -0.15) is 0 Å². The number of hydrogen-bond acceptors (Lipinski definition) is 2. The molecule has 1 aliphatic carbocycles. The lowest BCUT2D eigenvalue weighted by atomic mass is 9.89. The molecule has 0 unspecified atom stereocenters. The smallest absolute Gasteiger partial charge is 0.195 e. The minimum Gasteiger partial charge on any atom is -0.484 e. The van der Waals surface area contributed by atoms with Crippen molar-refractivity contribution in [1.29, 1.82) is 0 Å². The molecule has 2 atom stereocenters. The highest BCUT2D eigenvalue weighted by molar-refractivity contribution is 5.89. The van der Waals surface area contributed by atoms with E-state index in [1.54, 1.807) is 7.11 Å². The molecule has 0 saturated heterocycles. The molecule has 2 aliphatic heterocycles. The predicted molar refractivity (Wildman–Crippen MR) is 65.6 cm³/mol. The van der Waals surface area contributed by atoms with Crippen molar-refractivity contribution < 1.29 is 4.74 Å². The molecule has 2 bridgehead atoms. The topological polar surface area (TPSA) is 21.6 Å². The van der Waals surface area contributed by atoms with Crippen molar-refractivity contribution in [2.75, 3.05) is 7.11 Å². The second-order valence-corrected chi connectivity index (χ2v) is 4.01. The van der Waals surface area contributed by atoms with Gasteiger partial charge in [0.25, 0.3) is 0 Å². The summed E-state index contributed by atoms with van der Waals surface area (Å²) in [6.07, 6.45) is 8.55. The van der Waals surface area contributed by atoms with Crippen LogP contribution >= 0.6 is 0 Å². The molecule has 80 valence electrons. The van der Waals surface area contributed by atoms with E-state index in [1.807, 2.05) is 0 Å². The van der Waals surface area contributed by atoms with Crippen molar-refractivity contribution in [2.45, 2.75) is 12.0 Å². The molecular weight excluding hydrogens is 198 g/mol. The number of methoxy groups -OCH3 is 1. The average molecular weight is 211 g/mol. The van der Waals surface area contributed by atoms with Gasteiger partial charge in [0.15, 0.2) is 5.90 Å². The van der Waals surface area contributed by atoms with Gasteiger partial charge >= 0.3 is 0 Å². The molecule has 0 fully saturated rings. The van der Waals surface area contributed by atoms with Gasteiger partial charge < -0.3 is 4.74 Å². The Balaban J connectivity index is 2.20. The monoisotopic (exact) mass is 211 g/mol. The highest BCUT2D eigenvalue weighted by atomic mass is 16.5. The molecule has 0 saturated carbocycles. The van der Waals surface area contributed by atoms with Crippen molar-refractivity contribution in [3.63, 3.8) is 0 Å². The van der Waals surface area contributed by atoms with Crippen LogP contribution in [0.4, 0.5) is 0 Å². The fraction of sp³-hybridized carbons (Fsp3) is 0.214. The Bertz CT molecular complexity index is 499. The first-order valence-corrected chi connectivity index (χ1v) is 5.45. The van der Waals surface area contributed by atoms with Gasteiger partial charge in [-0.05, 0) is 11.1 Å². The SMILES string of the molecule is COC1=N[C@@H]2C=Cc3ccccc3[C@@H]1C=C2. The zero-order valence-corrected chi connectivity index (χ0v) is 9.13. The maximum atomic E-state index is 5.38. The van der Waals surface area contributed by atoms with Gasteiger partial charge in [0.05, 0.1) is 19.1 Å². The average Bonchev–Trinajstić information content (AvgIpc) is 2.32. The Labute approximate surface area is 95.0 Å². The normalized spacial score (nSPS) is 25.7. The van der Waals surface area contributed by atoms with E-state index in [4.69, 9.17) is 4.74 Å². The highest BCUT2D eigenvalue weighted by Gasteiger charge is 2.24. The Hall–Kier alpha value is -1.83. The molecule has 0 radical (unpaired) electrons. The number of benzene rings is 1. The molecule has 0 amide bonds. The Morgan fingerprint density at radius 3 is 2.88 bits per heavy atom. The van der Waals surface area contributed by atoms with Gasteiger partial charge in [0.2, 0.25) is 0 Å². The van der Waals surface area contributed by atoms with Gasteiger partial charge in [-0.1, -0.05) is 48.6 Å². The van der Waals surface area contributed by atoms with Crippen LogP contribution in [-0.4, -0.2) is 19.0 Å². The zero-order chi connectivity index (χ0) is 11.0. The second kappa shape index (κ2) is 3.63. The molecule has 16 heavy (non-hydrogen) atoms. The summed E-state index contributed by atoms with van der Waals surface area (Å²) in [5.41, 5.74) is 2.51. The molecule has 1 aromatic carbocycles. The van der Waals surface area contributed by atoms with Gasteiger partial charge in [-0.3, -0.25) is 0 Å². The third-order valence-corrected chi connectivity index (χ3v) is 3.06. The van der Waals surface area contributed by atoms with E-state index in [-0.39, 0.29) is 12.0 Å². The van der Waals surface area contributed by atoms with Crippen LogP contribution in [0.15, 0.2) is 47.5 Å². The van der Waals surface area contributed by atoms with Crippen LogP contribution in [0.2, 0.25) is 0 Å². The zero-order valence-electron chi connectivity index (χ0n) is 9.13. The number of nitrogens with zero attached hydrogens (tertiary/aromatic N) is 1. The molecule has 3 aliphatic rings. The van der Waals surface area contributed by atoms with Gasteiger partial charge in [-0.25, -0.2) is 4.99 Å². The quantitative estimate of drug-likeness (QED) is 0.605. The first kappa shape index (κ1) is 9.40. The first-order valence-electron chi connectivity index (χ1n) is 5.45. The van der Waals surface area contributed by atoms with Gasteiger partial charge in [-0.15, -0.1) is 0 Å². The summed E-state index contributed by atoms with van der Waals surface area (Å²) in [6, 6.07) is 8.51. The van der Waals surface area contributed by atoms with Crippen LogP contribution in [0.3, 0.4) is 0 Å². The molecule has 4 rings (SSSR count).